The monoisotopic (exact) mass is 291 g/mol. The summed E-state index contributed by atoms with van der Waals surface area (Å²) in [6, 6.07) is 11.1. The Kier molecular flexibility index (Phi) is 4.79. The first-order valence-electron chi connectivity index (χ1n) is 6.69. The molecular formula is C17H19ClFN. The first-order chi connectivity index (χ1) is 9.51. The molecule has 0 fully saturated rings. The third-order valence-electron chi connectivity index (χ3n) is 3.58. The van der Waals surface area contributed by atoms with Crippen LogP contribution in [-0.4, -0.2) is 7.05 Å². The Labute approximate surface area is 124 Å². The molecule has 0 heterocycles. The van der Waals surface area contributed by atoms with Crippen molar-refractivity contribution in [3.63, 3.8) is 0 Å². The van der Waals surface area contributed by atoms with E-state index in [4.69, 9.17) is 11.6 Å². The van der Waals surface area contributed by atoms with Crippen molar-refractivity contribution in [1.29, 1.82) is 0 Å². The second-order valence-corrected chi connectivity index (χ2v) is 5.58. The maximum Gasteiger partial charge on any atom is 0.126 e. The summed E-state index contributed by atoms with van der Waals surface area (Å²) in [5.74, 6) is -0.209. The minimum Gasteiger partial charge on any atom is -0.313 e. The van der Waals surface area contributed by atoms with Crippen LogP contribution in [0.15, 0.2) is 36.4 Å². The van der Waals surface area contributed by atoms with Gasteiger partial charge in [-0.1, -0.05) is 35.4 Å². The number of likely N-dealkylation sites (N-methyl/N-ethyl adjacent to an activating group) is 1. The molecule has 0 saturated carbocycles. The first kappa shape index (κ1) is 15.0. The molecule has 1 N–H and O–H groups in total. The fourth-order valence-electron chi connectivity index (χ4n) is 2.50. The van der Waals surface area contributed by atoms with Crippen LogP contribution in [0.1, 0.15) is 28.3 Å². The van der Waals surface area contributed by atoms with Crippen molar-refractivity contribution < 1.29 is 4.39 Å². The third-order valence-corrected chi connectivity index (χ3v) is 3.82. The van der Waals surface area contributed by atoms with Gasteiger partial charge in [0.15, 0.2) is 0 Å². The van der Waals surface area contributed by atoms with E-state index in [9.17, 15) is 4.39 Å². The SMILES string of the molecule is CNC(Cc1cc(Cl)ccc1F)c1ccc(C)cc1C. The molecule has 0 aromatic heterocycles. The summed E-state index contributed by atoms with van der Waals surface area (Å²) in [5.41, 5.74) is 4.27. The van der Waals surface area contributed by atoms with Crippen molar-refractivity contribution in [2.75, 3.05) is 7.05 Å². The smallest absolute Gasteiger partial charge is 0.126 e. The minimum atomic E-state index is -0.209. The van der Waals surface area contributed by atoms with E-state index in [-0.39, 0.29) is 11.9 Å². The van der Waals surface area contributed by atoms with Gasteiger partial charge in [0.2, 0.25) is 0 Å². The molecule has 1 atom stereocenters. The number of nitrogens with one attached hydrogen (secondary N) is 1. The highest BCUT2D eigenvalue weighted by molar-refractivity contribution is 6.30. The van der Waals surface area contributed by atoms with E-state index < -0.39 is 0 Å². The number of hydrogen-bond acceptors (Lipinski definition) is 1. The summed E-state index contributed by atoms with van der Waals surface area (Å²) in [6.45, 7) is 4.16. The Balaban J connectivity index is 2.31. The molecule has 0 aliphatic carbocycles. The van der Waals surface area contributed by atoms with Crippen LogP contribution in [0.5, 0.6) is 0 Å². The van der Waals surface area contributed by atoms with Gasteiger partial charge in [-0.05, 0) is 62.2 Å². The third kappa shape index (κ3) is 3.38. The molecule has 0 spiro atoms. The molecule has 0 aliphatic rings. The van der Waals surface area contributed by atoms with Gasteiger partial charge in [-0.3, -0.25) is 0 Å². The summed E-state index contributed by atoms with van der Waals surface area (Å²) in [4.78, 5) is 0. The van der Waals surface area contributed by atoms with E-state index in [0.717, 1.165) is 0 Å². The molecule has 0 amide bonds. The van der Waals surface area contributed by atoms with Crippen molar-refractivity contribution in [3.05, 3.63) is 69.5 Å². The van der Waals surface area contributed by atoms with Gasteiger partial charge in [0, 0.05) is 11.1 Å². The van der Waals surface area contributed by atoms with E-state index in [0.29, 0.717) is 17.0 Å². The highest BCUT2D eigenvalue weighted by Crippen LogP contribution is 2.25. The molecule has 2 aromatic carbocycles. The summed E-state index contributed by atoms with van der Waals surface area (Å²) in [7, 11) is 1.90. The number of halogens is 2. The maximum absolute atomic E-state index is 13.9. The number of benzene rings is 2. The molecule has 0 saturated heterocycles. The molecule has 3 heteroatoms. The topological polar surface area (TPSA) is 12.0 Å². The summed E-state index contributed by atoms with van der Waals surface area (Å²) in [5, 5.41) is 3.83. The van der Waals surface area contributed by atoms with E-state index in [1.54, 1.807) is 12.1 Å². The second-order valence-electron chi connectivity index (χ2n) is 5.14. The predicted octanol–water partition coefficient (Wildman–Crippen LogP) is 4.60. The second kappa shape index (κ2) is 6.38. The molecule has 106 valence electrons. The molecule has 0 bridgehead atoms. The largest absolute Gasteiger partial charge is 0.313 e. The Morgan fingerprint density at radius 2 is 1.90 bits per heavy atom. The zero-order valence-electron chi connectivity index (χ0n) is 12.0. The highest BCUT2D eigenvalue weighted by Gasteiger charge is 2.15. The van der Waals surface area contributed by atoms with Gasteiger partial charge in [0.25, 0.3) is 0 Å². The lowest BCUT2D eigenvalue weighted by atomic mass is 9.94. The van der Waals surface area contributed by atoms with Gasteiger partial charge in [0.1, 0.15) is 5.82 Å². The highest BCUT2D eigenvalue weighted by atomic mass is 35.5. The van der Waals surface area contributed by atoms with Crippen molar-refractivity contribution in [1.82, 2.24) is 5.32 Å². The van der Waals surface area contributed by atoms with Crippen molar-refractivity contribution in [3.8, 4) is 0 Å². The summed E-state index contributed by atoms with van der Waals surface area (Å²) < 4.78 is 13.9. The van der Waals surface area contributed by atoms with Crippen molar-refractivity contribution >= 4 is 11.6 Å². The molecule has 1 nitrogen and oxygen atoms in total. The lowest BCUT2D eigenvalue weighted by Gasteiger charge is -2.20. The van der Waals surface area contributed by atoms with Crippen molar-refractivity contribution in [2.24, 2.45) is 0 Å². The van der Waals surface area contributed by atoms with Crippen LogP contribution in [-0.2, 0) is 6.42 Å². The van der Waals surface area contributed by atoms with E-state index in [1.807, 2.05) is 7.05 Å². The van der Waals surface area contributed by atoms with Gasteiger partial charge >= 0.3 is 0 Å². The van der Waals surface area contributed by atoms with Crippen molar-refractivity contribution in [2.45, 2.75) is 26.3 Å². The summed E-state index contributed by atoms with van der Waals surface area (Å²) in [6.07, 6.45) is 0.576. The fourth-order valence-corrected chi connectivity index (χ4v) is 2.70. The van der Waals surface area contributed by atoms with Crippen LogP contribution < -0.4 is 5.32 Å². The zero-order valence-corrected chi connectivity index (χ0v) is 12.8. The first-order valence-corrected chi connectivity index (χ1v) is 7.07. The van der Waals surface area contributed by atoms with E-state index >= 15 is 0 Å². The standard InChI is InChI=1S/C17H19ClFN/c1-11-4-6-15(12(2)8-11)17(20-3)10-13-9-14(18)5-7-16(13)19/h4-9,17,20H,10H2,1-3H3. The van der Waals surface area contributed by atoms with Crippen LogP contribution in [0, 0.1) is 19.7 Å². The van der Waals surface area contributed by atoms with Gasteiger partial charge in [-0.15, -0.1) is 0 Å². The summed E-state index contributed by atoms with van der Waals surface area (Å²) >= 11 is 5.95. The van der Waals surface area contributed by atoms with Gasteiger partial charge in [-0.25, -0.2) is 4.39 Å². The molecule has 1 unspecified atom stereocenters. The average molecular weight is 292 g/mol. The lowest BCUT2D eigenvalue weighted by Crippen LogP contribution is -2.20. The van der Waals surface area contributed by atoms with Crippen LogP contribution in [0.3, 0.4) is 0 Å². The zero-order chi connectivity index (χ0) is 14.7. The minimum absolute atomic E-state index is 0.0727. The Morgan fingerprint density at radius 3 is 2.55 bits per heavy atom. The molecule has 2 aromatic rings. The van der Waals surface area contributed by atoms with Gasteiger partial charge in [0.05, 0.1) is 0 Å². The van der Waals surface area contributed by atoms with Gasteiger partial charge in [-0.2, -0.15) is 0 Å². The molecule has 20 heavy (non-hydrogen) atoms. The normalized spacial score (nSPS) is 12.4. The molecule has 0 aliphatic heterocycles. The maximum atomic E-state index is 13.9. The van der Waals surface area contributed by atoms with E-state index in [1.165, 1.54) is 22.8 Å². The number of aryl methyl sites for hydroxylation is 2. The van der Waals surface area contributed by atoms with Gasteiger partial charge < -0.3 is 5.32 Å². The van der Waals surface area contributed by atoms with Crippen LogP contribution in [0.4, 0.5) is 4.39 Å². The fraction of sp³-hybridized carbons (Fsp3) is 0.294. The number of rotatable bonds is 4. The molecular weight excluding hydrogens is 273 g/mol. The van der Waals surface area contributed by atoms with Crippen LogP contribution >= 0.6 is 11.6 Å². The van der Waals surface area contributed by atoms with E-state index in [2.05, 4.69) is 37.4 Å². The van der Waals surface area contributed by atoms with Crippen LogP contribution in [0.25, 0.3) is 0 Å². The Morgan fingerprint density at radius 1 is 1.15 bits per heavy atom. The average Bonchev–Trinajstić information content (AvgIpc) is 2.40. The molecule has 0 radical (unpaired) electrons. The van der Waals surface area contributed by atoms with Crippen LogP contribution in [0.2, 0.25) is 5.02 Å². The Bertz CT molecular complexity index is 610. The lowest BCUT2D eigenvalue weighted by molar-refractivity contribution is 0.552. The predicted molar refractivity (Wildman–Crippen MR) is 82.8 cm³/mol. The Hall–Kier alpha value is -1.38. The quantitative estimate of drug-likeness (QED) is 0.868. The number of hydrogen-bond donors (Lipinski definition) is 1. The molecule has 2 rings (SSSR count).